The maximum absolute atomic E-state index is 10.0. The smallest absolute Gasteiger partial charge is 0.0769 e. The molecule has 0 heterocycles. The van der Waals surface area contributed by atoms with Gasteiger partial charge in [-0.3, -0.25) is 0 Å². The van der Waals surface area contributed by atoms with E-state index in [-0.39, 0.29) is 12.4 Å². The number of halogens is 1. The average molecular weight is 286 g/mol. The van der Waals surface area contributed by atoms with Crippen molar-refractivity contribution in [3.63, 3.8) is 0 Å². The van der Waals surface area contributed by atoms with Crippen molar-refractivity contribution in [3.8, 4) is 0 Å². The summed E-state index contributed by atoms with van der Waals surface area (Å²) in [5.74, 6) is 0.570. The lowest BCUT2D eigenvalue weighted by molar-refractivity contribution is -0.0191. The Morgan fingerprint density at radius 1 is 1.21 bits per heavy atom. The van der Waals surface area contributed by atoms with Crippen molar-refractivity contribution in [3.05, 3.63) is 35.9 Å². The van der Waals surface area contributed by atoms with E-state index in [2.05, 4.69) is 12.1 Å². The highest BCUT2D eigenvalue weighted by Gasteiger charge is 2.31. The van der Waals surface area contributed by atoms with Crippen LogP contribution in [-0.4, -0.2) is 23.9 Å². The molecule has 0 unspecified atom stereocenters. The highest BCUT2D eigenvalue weighted by atomic mass is 35.5. The van der Waals surface area contributed by atoms with Crippen molar-refractivity contribution in [1.82, 2.24) is 0 Å². The van der Waals surface area contributed by atoms with Gasteiger partial charge >= 0.3 is 0 Å². The lowest BCUT2D eigenvalue weighted by Gasteiger charge is -2.34. The van der Waals surface area contributed by atoms with Crippen LogP contribution in [0.2, 0.25) is 0 Å². The predicted octanol–water partition coefficient (Wildman–Crippen LogP) is 2.51. The summed E-state index contributed by atoms with van der Waals surface area (Å²) in [6, 6.07) is 10.2. The first kappa shape index (κ1) is 16.4. The zero-order chi connectivity index (χ0) is 12.8. The van der Waals surface area contributed by atoms with E-state index in [4.69, 9.17) is 10.5 Å². The molecule has 0 spiro atoms. The first-order valence-electron chi connectivity index (χ1n) is 6.76. The molecule has 1 fully saturated rings. The van der Waals surface area contributed by atoms with Crippen molar-refractivity contribution in [2.75, 3.05) is 13.2 Å². The number of rotatable bonds is 5. The second kappa shape index (κ2) is 7.85. The molecule has 0 saturated heterocycles. The summed E-state index contributed by atoms with van der Waals surface area (Å²) in [5.41, 5.74) is 6.18. The van der Waals surface area contributed by atoms with Gasteiger partial charge in [0.2, 0.25) is 0 Å². The normalized spacial score (nSPS) is 26.7. The minimum Gasteiger partial charge on any atom is -0.389 e. The van der Waals surface area contributed by atoms with Crippen LogP contribution in [0.5, 0.6) is 0 Å². The van der Waals surface area contributed by atoms with Gasteiger partial charge in [0.05, 0.1) is 12.2 Å². The predicted molar refractivity (Wildman–Crippen MR) is 79.3 cm³/mol. The minimum absolute atomic E-state index is 0. The third kappa shape index (κ3) is 5.11. The van der Waals surface area contributed by atoms with E-state index in [1.165, 1.54) is 5.56 Å². The summed E-state index contributed by atoms with van der Waals surface area (Å²) < 4.78 is 5.75. The van der Waals surface area contributed by atoms with Gasteiger partial charge in [-0.2, -0.15) is 0 Å². The Labute approximate surface area is 121 Å². The third-order valence-electron chi connectivity index (χ3n) is 3.88. The van der Waals surface area contributed by atoms with Gasteiger partial charge in [0.1, 0.15) is 0 Å². The quantitative estimate of drug-likeness (QED) is 0.874. The third-order valence-corrected chi connectivity index (χ3v) is 3.88. The maximum atomic E-state index is 10.0. The Morgan fingerprint density at radius 2 is 1.84 bits per heavy atom. The molecule has 19 heavy (non-hydrogen) atoms. The summed E-state index contributed by atoms with van der Waals surface area (Å²) in [6.07, 6.45) is 3.65. The summed E-state index contributed by atoms with van der Waals surface area (Å²) in [5, 5.41) is 10.0. The van der Waals surface area contributed by atoms with Crippen molar-refractivity contribution in [2.45, 2.75) is 37.9 Å². The fourth-order valence-electron chi connectivity index (χ4n) is 2.50. The Kier molecular flexibility index (Phi) is 6.80. The second-order valence-corrected chi connectivity index (χ2v) is 5.37. The molecule has 1 aliphatic rings. The van der Waals surface area contributed by atoms with Crippen LogP contribution in [0.25, 0.3) is 0 Å². The number of benzene rings is 1. The van der Waals surface area contributed by atoms with Gasteiger partial charge in [-0.25, -0.2) is 0 Å². The van der Waals surface area contributed by atoms with Crippen LogP contribution in [0.4, 0.5) is 0 Å². The number of aliphatic hydroxyl groups is 1. The Bertz CT molecular complexity index is 350. The molecule has 1 aromatic rings. The zero-order valence-electron chi connectivity index (χ0n) is 11.3. The van der Waals surface area contributed by atoms with Gasteiger partial charge in [-0.15, -0.1) is 12.4 Å². The molecular formula is C15H24ClNO2. The molecule has 0 radical (unpaired) electrons. The largest absolute Gasteiger partial charge is 0.389 e. The van der Waals surface area contributed by atoms with Crippen LogP contribution in [0.15, 0.2) is 30.3 Å². The van der Waals surface area contributed by atoms with Crippen LogP contribution < -0.4 is 5.73 Å². The van der Waals surface area contributed by atoms with Crippen molar-refractivity contribution in [1.29, 1.82) is 0 Å². The first-order chi connectivity index (χ1) is 8.72. The SMILES string of the molecule is Cl.NC[C@]1(O)CC[C@@H](COCc2ccccc2)CC1. The molecule has 0 aromatic heterocycles. The fourth-order valence-corrected chi connectivity index (χ4v) is 2.50. The molecule has 108 valence electrons. The fraction of sp³-hybridized carbons (Fsp3) is 0.600. The molecule has 1 aliphatic carbocycles. The number of hydrogen-bond acceptors (Lipinski definition) is 3. The Balaban J connectivity index is 0.00000180. The van der Waals surface area contributed by atoms with Crippen LogP contribution in [-0.2, 0) is 11.3 Å². The molecule has 2 rings (SSSR count). The average Bonchev–Trinajstić information content (AvgIpc) is 2.42. The lowest BCUT2D eigenvalue weighted by Crippen LogP contribution is -2.41. The highest BCUT2D eigenvalue weighted by Crippen LogP contribution is 2.31. The van der Waals surface area contributed by atoms with Crippen LogP contribution in [0, 0.1) is 5.92 Å². The molecule has 3 N–H and O–H groups in total. The van der Waals surface area contributed by atoms with E-state index in [0.29, 0.717) is 19.1 Å². The second-order valence-electron chi connectivity index (χ2n) is 5.37. The van der Waals surface area contributed by atoms with Gasteiger partial charge in [0.15, 0.2) is 0 Å². The number of nitrogens with two attached hydrogens (primary N) is 1. The highest BCUT2D eigenvalue weighted by molar-refractivity contribution is 5.85. The van der Waals surface area contributed by atoms with E-state index in [0.717, 1.165) is 32.3 Å². The Hall–Kier alpha value is -0.610. The minimum atomic E-state index is -0.615. The first-order valence-corrected chi connectivity index (χ1v) is 6.76. The topological polar surface area (TPSA) is 55.5 Å². The van der Waals surface area contributed by atoms with Gasteiger partial charge in [-0.05, 0) is 37.2 Å². The van der Waals surface area contributed by atoms with E-state index < -0.39 is 5.60 Å². The van der Waals surface area contributed by atoms with Gasteiger partial charge in [0.25, 0.3) is 0 Å². The van der Waals surface area contributed by atoms with Crippen LogP contribution in [0.1, 0.15) is 31.2 Å². The maximum Gasteiger partial charge on any atom is 0.0769 e. The molecule has 0 atom stereocenters. The molecule has 0 aliphatic heterocycles. The molecule has 3 nitrogen and oxygen atoms in total. The number of ether oxygens (including phenoxy) is 1. The summed E-state index contributed by atoms with van der Waals surface area (Å²) in [4.78, 5) is 0. The molecule has 0 amide bonds. The summed E-state index contributed by atoms with van der Waals surface area (Å²) in [7, 11) is 0. The van der Waals surface area contributed by atoms with E-state index in [1.807, 2.05) is 18.2 Å². The standard InChI is InChI=1S/C15H23NO2.ClH/c16-12-15(17)8-6-14(7-9-15)11-18-10-13-4-2-1-3-5-13;/h1-5,14,17H,6-12,16H2;1H/t14-,15+;. The molecule has 4 heteroatoms. The van der Waals surface area contributed by atoms with E-state index >= 15 is 0 Å². The van der Waals surface area contributed by atoms with Crippen LogP contribution in [0.3, 0.4) is 0 Å². The van der Waals surface area contributed by atoms with Crippen LogP contribution >= 0.6 is 12.4 Å². The molecular weight excluding hydrogens is 262 g/mol. The lowest BCUT2D eigenvalue weighted by atomic mass is 9.79. The summed E-state index contributed by atoms with van der Waals surface area (Å²) >= 11 is 0. The van der Waals surface area contributed by atoms with Gasteiger partial charge < -0.3 is 15.6 Å². The van der Waals surface area contributed by atoms with Gasteiger partial charge in [0, 0.05) is 13.2 Å². The summed E-state index contributed by atoms with van der Waals surface area (Å²) in [6.45, 7) is 1.85. The van der Waals surface area contributed by atoms with Crippen molar-refractivity contribution < 1.29 is 9.84 Å². The molecule has 0 bridgehead atoms. The van der Waals surface area contributed by atoms with E-state index in [1.54, 1.807) is 0 Å². The van der Waals surface area contributed by atoms with Crippen molar-refractivity contribution >= 4 is 12.4 Å². The molecule has 1 aromatic carbocycles. The monoisotopic (exact) mass is 285 g/mol. The van der Waals surface area contributed by atoms with Crippen molar-refractivity contribution in [2.24, 2.45) is 11.7 Å². The number of hydrogen-bond donors (Lipinski definition) is 2. The van der Waals surface area contributed by atoms with E-state index in [9.17, 15) is 5.11 Å². The Morgan fingerprint density at radius 3 is 2.42 bits per heavy atom. The molecule has 1 saturated carbocycles. The van der Waals surface area contributed by atoms with Gasteiger partial charge in [-0.1, -0.05) is 30.3 Å². The zero-order valence-corrected chi connectivity index (χ0v) is 12.1.